The van der Waals surface area contributed by atoms with E-state index in [0.717, 1.165) is 12.8 Å². The van der Waals surface area contributed by atoms with Crippen molar-refractivity contribution in [3.63, 3.8) is 0 Å². The van der Waals surface area contributed by atoms with Crippen LogP contribution < -0.4 is 0 Å². The van der Waals surface area contributed by atoms with E-state index in [4.69, 9.17) is 5.26 Å². The van der Waals surface area contributed by atoms with Crippen molar-refractivity contribution in [3.8, 4) is 6.07 Å². The molecule has 0 N–H and O–H groups in total. The molecule has 2 rings (SSSR count). The lowest BCUT2D eigenvalue weighted by Crippen LogP contribution is -2.30. The second-order valence-corrected chi connectivity index (χ2v) is 6.58. The van der Waals surface area contributed by atoms with Crippen molar-refractivity contribution in [1.29, 1.82) is 5.26 Å². The van der Waals surface area contributed by atoms with Crippen LogP contribution in [0.5, 0.6) is 0 Å². The van der Waals surface area contributed by atoms with Crippen LogP contribution in [0.1, 0.15) is 52.9 Å². The Kier molecular flexibility index (Phi) is 2.61. The first-order valence-corrected chi connectivity index (χ1v) is 6.31. The highest BCUT2D eigenvalue weighted by molar-refractivity contribution is 5.87. The Morgan fingerprint density at radius 1 is 1.38 bits per heavy atom. The second-order valence-electron chi connectivity index (χ2n) is 6.58. The van der Waals surface area contributed by atoms with Gasteiger partial charge < -0.3 is 0 Å². The summed E-state index contributed by atoms with van der Waals surface area (Å²) in [4.78, 5) is 12.4. The van der Waals surface area contributed by atoms with E-state index in [-0.39, 0.29) is 22.7 Å². The van der Waals surface area contributed by atoms with Crippen LogP contribution in [0, 0.1) is 34.0 Å². The van der Waals surface area contributed by atoms with Gasteiger partial charge in [-0.2, -0.15) is 5.26 Å². The molecular formula is C14H21NO. The number of nitriles is 1. The molecule has 3 atom stereocenters. The Bertz CT molecular complexity index is 352. The molecule has 2 fully saturated rings. The largest absolute Gasteiger partial charge is 0.299 e. The molecule has 2 heteroatoms. The number of carbonyl (C=O) groups is 1. The Balaban J connectivity index is 2.19. The van der Waals surface area contributed by atoms with Crippen molar-refractivity contribution in [2.24, 2.45) is 22.7 Å². The number of rotatable bonds is 2. The molecule has 0 unspecified atom stereocenters. The van der Waals surface area contributed by atoms with Crippen molar-refractivity contribution in [2.75, 3.05) is 0 Å². The molecular weight excluding hydrogens is 198 g/mol. The fourth-order valence-electron chi connectivity index (χ4n) is 4.17. The molecule has 0 spiro atoms. The minimum atomic E-state index is 0.161. The van der Waals surface area contributed by atoms with Gasteiger partial charge in [-0.15, -0.1) is 0 Å². The van der Waals surface area contributed by atoms with E-state index in [1.165, 1.54) is 12.8 Å². The van der Waals surface area contributed by atoms with E-state index >= 15 is 0 Å². The first-order chi connectivity index (χ1) is 7.41. The summed E-state index contributed by atoms with van der Waals surface area (Å²) in [6, 6.07) is 2.16. The van der Waals surface area contributed by atoms with Crippen molar-refractivity contribution in [3.05, 3.63) is 0 Å². The lowest BCUT2D eigenvalue weighted by atomic mass is 9.73. The van der Waals surface area contributed by atoms with E-state index < -0.39 is 0 Å². The summed E-state index contributed by atoms with van der Waals surface area (Å²) in [6.07, 6.45) is 4.67. The molecule has 16 heavy (non-hydrogen) atoms. The van der Waals surface area contributed by atoms with Gasteiger partial charge in [-0.3, -0.25) is 4.79 Å². The minimum absolute atomic E-state index is 0.161. The zero-order valence-electron chi connectivity index (χ0n) is 10.5. The summed E-state index contributed by atoms with van der Waals surface area (Å²) in [5.41, 5.74) is 0.397. The van der Waals surface area contributed by atoms with E-state index in [9.17, 15) is 4.79 Å². The number of hydrogen-bond donors (Lipinski definition) is 0. The molecule has 2 aliphatic carbocycles. The molecule has 0 bridgehead atoms. The van der Waals surface area contributed by atoms with E-state index in [1.807, 2.05) is 0 Å². The predicted octanol–water partition coefficient (Wildman–Crippen LogP) is 3.32. The van der Waals surface area contributed by atoms with Crippen LogP contribution in [-0.2, 0) is 4.79 Å². The summed E-state index contributed by atoms with van der Waals surface area (Å²) in [6.45, 7) is 6.73. The molecule has 0 heterocycles. The molecule has 0 aromatic rings. The van der Waals surface area contributed by atoms with Crippen molar-refractivity contribution < 1.29 is 4.79 Å². The number of Topliss-reactive ketones (excluding diaryl/α,β-unsaturated/α-hetero) is 1. The molecule has 0 aromatic carbocycles. The molecule has 2 nitrogen and oxygen atoms in total. The summed E-state index contributed by atoms with van der Waals surface area (Å²) in [5, 5.41) is 8.62. The molecule has 0 radical (unpaired) electrons. The maximum Gasteiger partial charge on any atom is 0.140 e. The third kappa shape index (κ3) is 1.57. The van der Waals surface area contributed by atoms with E-state index in [2.05, 4.69) is 26.8 Å². The van der Waals surface area contributed by atoms with Gasteiger partial charge in [0, 0.05) is 18.3 Å². The zero-order valence-corrected chi connectivity index (χ0v) is 10.5. The average molecular weight is 219 g/mol. The van der Waals surface area contributed by atoms with Crippen LogP contribution in [-0.4, -0.2) is 5.78 Å². The standard InChI is InChI=1S/C14H21NO/c1-13(2)6-7-14(3)9-10(5-4-8-15)11(16)12(13)14/h10,12H,4-7,9H2,1-3H3/t10-,12+,14+/m0/s1. The molecule has 0 saturated heterocycles. The molecule has 2 saturated carbocycles. The Hall–Kier alpha value is -0.840. The lowest BCUT2D eigenvalue weighted by molar-refractivity contribution is -0.127. The van der Waals surface area contributed by atoms with Gasteiger partial charge in [-0.05, 0) is 36.5 Å². The minimum Gasteiger partial charge on any atom is -0.299 e. The highest BCUT2D eigenvalue weighted by Gasteiger charge is 2.59. The third-order valence-electron chi connectivity index (χ3n) is 4.82. The van der Waals surface area contributed by atoms with E-state index in [1.54, 1.807) is 0 Å². The Morgan fingerprint density at radius 3 is 2.62 bits per heavy atom. The Morgan fingerprint density at radius 2 is 2.06 bits per heavy atom. The predicted molar refractivity (Wildman–Crippen MR) is 62.6 cm³/mol. The quantitative estimate of drug-likeness (QED) is 0.714. The summed E-state index contributed by atoms with van der Waals surface area (Å²) >= 11 is 0. The summed E-state index contributed by atoms with van der Waals surface area (Å²) in [5.74, 6) is 0.846. The normalized spacial score (nSPS) is 40.8. The SMILES string of the molecule is CC1(C)CC[C@]2(C)C[C@H](CCC#N)C(=O)[C@H]12. The number of carbonyl (C=O) groups excluding carboxylic acids is 1. The summed E-state index contributed by atoms with van der Waals surface area (Å²) in [7, 11) is 0. The molecule has 0 aliphatic heterocycles. The van der Waals surface area contributed by atoms with Gasteiger partial charge in [-0.25, -0.2) is 0 Å². The molecule has 0 aromatic heterocycles. The van der Waals surface area contributed by atoms with Gasteiger partial charge in [0.25, 0.3) is 0 Å². The van der Waals surface area contributed by atoms with Gasteiger partial charge in [0.2, 0.25) is 0 Å². The highest BCUT2D eigenvalue weighted by atomic mass is 16.1. The average Bonchev–Trinajstić information content (AvgIpc) is 2.58. The van der Waals surface area contributed by atoms with Crippen LogP contribution in [0.15, 0.2) is 0 Å². The number of nitrogens with zero attached hydrogens (tertiary/aromatic N) is 1. The number of hydrogen-bond acceptors (Lipinski definition) is 2. The van der Waals surface area contributed by atoms with Crippen LogP contribution >= 0.6 is 0 Å². The third-order valence-corrected chi connectivity index (χ3v) is 4.82. The van der Waals surface area contributed by atoms with E-state index in [0.29, 0.717) is 12.2 Å². The Labute approximate surface area is 98.0 Å². The van der Waals surface area contributed by atoms with Gasteiger partial charge in [0.1, 0.15) is 5.78 Å². The van der Waals surface area contributed by atoms with Crippen molar-refractivity contribution in [2.45, 2.75) is 52.9 Å². The first-order valence-electron chi connectivity index (χ1n) is 6.31. The van der Waals surface area contributed by atoms with Crippen LogP contribution in [0.25, 0.3) is 0 Å². The van der Waals surface area contributed by atoms with Crippen LogP contribution in [0.4, 0.5) is 0 Å². The van der Waals surface area contributed by atoms with Gasteiger partial charge in [0.05, 0.1) is 6.07 Å². The first kappa shape index (κ1) is 11.6. The zero-order chi connectivity index (χ0) is 12.0. The maximum atomic E-state index is 12.4. The highest BCUT2D eigenvalue weighted by Crippen LogP contribution is 2.62. The fraction of sp³-hybridized carbons (Fsp3) is 0.857. The lowest BCUT2D eigenvalue weighted by Gasteiger charge is -2.29. The second kappa shape index (κ2) is 3.58. The summed E-state index contributed by atoms with van der Waals surface area (Å²) < 4.78 is 0. The molecule has 88 valence electrons. The monoisotopic (exact) mass is 219 g/mol. The fourth-order valence-corrected chi connectivity index (χ4v) is 4.17. The van der Waals surface area contributed by atoms with Crippen LogP contribution in [0.3, 0.4) is 0 Å². The maximum absolute atomic E-state index is 12.4. The van der Waals surface area contributed by atoms with Gasteiger partial charge >= 0.3 is 0 Å². The number of fused-ring (bicyclic) bond motifs is 1. The van der Waals surface area contributed by atoms with Crippen molar-refractivity contribution in [1.82, 2.24) is 0 Å². The molecule has 0 amide bonds. The number of ketones is 1. The van der Waals surface area contributed by atoms with Crippen molar-refractivity contribution >= 4 is 5.78 Å². The van der Waals surface area contributed by atoms with Gasteiger partial charge in [-0.1, -0.05) is 20.8 Å². The topological polar surface area (TPSA) is 40.9 Å². The van der Waals surface area contributed by atoms with Crippen LogP contribution in [0.2, 0.25) is 0 Å². The smallest absolute Gasteiger partial charge is 0.140 e. The van der Waals surface area contributed by atoms with Gasteiger partial charge in [0.15, 0.2) is 0 Å². The molecule has 2 aliphatic rings.